The Kier molecular flexibility index (Phi) is 28.0. The van der Waals surface area contributed by atoms with Crippen LogP contribution in [0.4, 0.5) is 0 Å². The first-order valence-electron chi connectivity index (χ1n) is 21.3. The molecule has 9 heteroatoms. The average molecular weight is 758 g/mol. The van der Waals surface area contributed by atoms with Gasteiger partial charge in [0.25, 0.3) is 0 Å². The smallest absolute Gasteiger partial charge is 0.328 e. The quantitative estimate of drug-likeness (QED) is 0.0427. The van der Waals surface area contributed by atoms with E-state index in [0.29, 0.717) is 57.2 Å². The van der Waals surface area contributed by atoms with E-state index in [1.807, 2.05) is 58.0 Å². The van der Waals surface area contributed by atoms with Gasteiger partial charge in [0.1, 0.15) is 18.4 Å². The number of unbranched alkanes of at least 4 members (excludes halogenated alkanes) is 10. The molecule has 0 saturated carbocycles. The van der Waals surface area contributed by atoms with Gasteiger partial charge in [-0.15, -0.1) is 0 Å². The summed E-state index contributed by atoms with van der Waals surface area (Å²) in [6.07, 6.45) is 16.2. The van der Waals surface area contributed by atoms with Crippen LogP contribution in [-0.2, 0) is 44.8 Å². The third-order valence-electron chi connectivity index (χ3n) is 9.75. The Morgan fingerprint density at radius 3 is 1.67 bits per heavy atom. The van der Waals surface area contributed by atoms with Crippen LogP contribution in [0.15, 0.2) is 30.3 Å². The fourth-order valence-corrected chi connectivity index (χ4v) is 6.57. The van der Waals surface area contributed by atoms with Crippen molar-refractivity contribution in [1.82, 2.24) is 5.32 Å². The summed E-state index contributed by atoms with van der Waals surface area (Å²) in [5.41, 5.74) is 0.993. The van der Waals surface area contributed by atoms with E-state index in [0.717, 1.165) is 108 Å². The molecular weight excluding hydrogens is 682 g/mol. The molecule has 0 aliphatic rings. The average Bonchev–Trinajstić information content (AvgIpc) is 3.13. The fraction of sp³-hybridized carbons (Fsp3) is 0.756. The van der Waals surface area contributed by atoms with Crippen LogP contribution in [0.25, 0.3) is 0 Å². The Morgan fingerprint density at radius 2 is 1.09 bits per heavy atom. The molecule has 0 aliphatic heterocycles. The highest BCUT2D eigenvalue weighted by Gasteiger charge is 2.23. The van der Waals surface area contributed by atoms with Crippen LogP contribution in [0.2, 0.25) is 0 Å². The fourth-order valence-electron chi connectivity index (χ4n) is 6.57. The van der Waals surface area contributed by atoms with Crippen molar-refractivity contribution < 1.29 is 38.2 Å². The normalized spacial score (nSPS) is 13.0. The summed E-state index contributed by atoms with van der Waals surface area (Å²) in [5, 5.41) is 2.90. The highest BCUT2D eigenvalue weighted by atomic mass is 16.5. The second kappa shape index (κ2) is 31.0. The Hall–Kier alpha value is -3.23. The number of Topliss-reactive ketones (excluding diaryl/α,β-unsaturated/α-hetero) is 1. The number of hydrogen-bond acceptors (Lipinski definition) is 8. The van der Waals surface area contributed by atoms with E-state index < -0.39 is 6.04 Å². The molecule has 9 nitrogen and oxygen atoms in total. The van der Waals surface area contributed by atoms with E-state index in [1.54, 1.807) is 0 Å². The van der Waals surface area contributed by atoms with E-state index in [9.17, 15) is 24.0 Å². The number of ketones is 1. The molecule has 1 aromatic rings. The van der Waals surface area contributed by atoms with Crippen molar-refractivity contribution in [1.29, 1.82) is 0 Å². The van der Waals surface area contributed by atoms with Gasteiger partial charge in [-0.3, -0.25) is 19.2 Å². The molecule has 3 atom stereocenters. The van der Waals surface area contributed by atoms with Gasteiger partial charge in [0.05, 0.1) is 25.0 Å². The van der Waals surface area contributed by atoms with Crippen molar-refractivity contribution in [3.63, 3.8) is 0 Å². The van der Waals surface area contributed by atoms with Crippen molar-refractivity contribution in [2.75, 3.05) is 13.2 Å². The monoisotopic (exact) mass is 758 g/mol. The lowest BCUT2D eigenvalue weighted by Crippen LogP contribution is -2.42. The van der Waals surface area contributed by atoms with Crippen LogP contribution in [-0.4, -0.2) is 48.9 Å². The minimum Gasteiger partial charge on any atom is -0.465 e. The van der Waals surface area contributed by atoms with Gasteiger partial charge < -0.3 is 19.5 Å². The van der Waals surface area contributed by atoms with Crippen LogP contribution in [0, 0.1) is 23.7 Å². The lowest BCUT2D eigenvalue weighted by molar-refractivity contribution is -0.150. The molecule has 0 aromatic heterocycles. The highest BCUT2D eigenvalue weighted by molar-refractivity contribution is 5.84. The van der Waals surface area contributed by atoms with Crippen molar-refractivity contribution in [3.05, 3.63) is 35.9 Å². The number of amides is 1. The number of hydrogen-bond donors (Lipinski definition) is 1. The third kappa shape index (κ3) is 25.7. The number of ether oxygens (including phenoxy) is 3. The van der Waals surface area contributed by atoms with Crippen molar-refractivity contribution >= 4 is 29.6 Å². The van der Waals surface area contributed by atoms with Crippen LogP contribution in [0.1, 0.15) is 176 Å². The minimum atomic E-state index is -0.635. The van der Waals surface area contributed by atoms with Crippen molar-refractivity contribution in [2.24, 2.45) is 23.7 Å². The van der Waals surface area contributed by atoms with Gasteiger partial charge in [0.15, 0.2) is 0 Å². The summed E-state index contributed by atoms with van der Waals surface area (Å²) in [6, 6.07) is 9.09. The van der Waals surface area contributed by atoms with E-state index in [4.69, 9.17) is 14.2 Å². The van der Waals surface area contributed by atoms with E-state index in [1.165, 1.54) is 0 Å². The van der Waals surface area contributed by atoms with Crippen LogP contribution < -0.4 is 5.32 Å². The molecule has 3 unspecified atom stereocenters. The van der Waals surface area contributed by atoms with Crippen molar-refractivity contribution in [2.45, 2.75) is 183 Å². The maximum absolute atomic E-state index is 12.8. The van der Waals surface area contributed by atoms with E-state index in [-0.39, 0.29) is 41.6 Å². The summed E-state index contributed by atoms with van der Waals surface area (Å²) in [6.45, 7) is 13.2. The molecule has 1 aromatic carbocycles. The van der Waals surface area contributed by atoms with Gasteiger partial charge in [-0.05, 0) is 88.0 Å². The predicted octanol–water partition coefficient (Wildman–Crippen LogP) is 10.3. The first-order valence-corrected chi connectivity index (χ1v) is 21.3. The van der Waals surface area contributed by atoms with Gasteiger partial charge in [-0.25, -0.2) is 4.79 Å². The topological polar surface area (TPSA) is 125 Å². The molecule has 308 valence electrons. The molecule has 1 N–H and O–H groups in total. The van der Waals surface area contributed by atoms with Gasteiger partial charge in [-0.2, -0.15) is 0 Å². The lowest BCUT2D eigenvalue weighted by Gasteiger charge is -2.19. The molecule has 0 aliphatic carbocycles. The van der Waals surface area contributed by atoms with Gasteiger partial charge in [0, 0.05) is 19.3 Å². The summed E-state index contributed by atoms with van der Waals surface area (Å²) in [4.78, 5) is 62.2. The number of nitrogens with one attached hydrogen (secondary N) is 1. The lowest BCUT2D eigenvalue weighted by atomic mass is 9.97. The zero-order chi connectivity index (χ0) is 40.0. The van der Waals surface area contributed by atoms with Gasteiger partial charge >= 0.3 is 17.9 Å². The standard InChI is InChI=1S/C45H75NO8/c1-7-39(44(50)54-34-38-24-16-14-17-25-38)26-18-15-20-28-40(47)27-19-10-8-9-11-21-29-42(48)46-41(33-36(4)5)45(51)53-31-23-13-12-22-30-52-43(49)37(6)32-35(2)3/h14,16-17,24-25,35-37,39,41H,7-13,15,18-23,26-34H2,1-6H3,(H,46,48). The Balaban J connectivity index is 2.08. The van der Waals surface area contributed by atoms with Gasteiger partial charge in [-0.1, -0.05) is 110 Å². The second-order valence-electron chi connectivity index (χ2n) is 16.0. The summed E-state index contributed by atoms with van der Waals surface area (Å²) in [7, 11) is 0. The zero-order valence-corrected chi connectivity index (χ0v) is 34.8. The van der Waals surface area contributed by atoms with E-state index in [2.05, 4.69) is 19.2 Å². The highest BCUT2D eigenvalue weighted by Crippen LogP contribution is 2.18. The third-order valence-corrected chi connectivity index (χ3v) is 9.75. The maximum Gasteiger partial charge on any atom is 0.328 e. The Labute approximate surface area is 327 Å². The number of rotatable bonds is 33. The molecule has 0 radical (unpaired) electrons. The van der Waals surface area contributed by atoms with Crippen molar-refractivity contribution in [3.8, 4) is 0 Å². The Morgan fingerprint density at radius 1 is 0.574 bits per heavy atom. The first-order chi connectivity index (χ1) is 25.9. The summed E-state index contributed by atoms with van der Waals surface area (Å²) < 4.78 is 16.4. The molecule has 0 spiro atoms. The van der Waals surface area contributed by atoms with Crippen LogP contribution in [0.3, 0.4) is 0 Å². The minimum absolute atomic E-state index is 0.0747. The summed E-state index contributed by atoms with van der Waals surface area (Å²) >= 11 is 0. The number of carbonyl (C=O) groups is 5. The number of esters is 3. The number of carbonyl (C=O) groups excluding carboxylic acids is 5. The second-order valence-corrected chi connectivity index (χ2v) is 16.0. The van der Waals surface area contributed by atoms with Crippen LogP contribution >= 0.6 is 0 Å². The Bertz CT molecular complexity index is 1170. The predicted molar refractivity (Wildman–Crippen MR) is 215 cm³/mol. The SMILES string of the molecule is CCC(CCCCCC(=O)CCCCCCCCC(=O)NC(CC(C)C)C(=O)OCCCCCCOC(=O)C(C)CC(C)C)C(=O)OCc1ccccc1. The van der Waals surface area contributed by atoms with Gasteiger partial charge in [0.2, 0.25) is 5.91 Å². The molecule has 0 fully saturated rings. The zero-order valence-electron chi connectivity index (χ0n) is 34.8. The first kappa shape index (κ1) is 48.8. The maximum atomic E-state index is 12.8. The number of benzene rings is 1. The molecular formula is C45H75NO8. The van der Waals surface area contributed by atoms with Crippen LogP contribution in [0.5, 0.6) is 0 Å². The molecule has 0 saturated heterocycles. The molecule has 54 heavy (non-hydrogen) atoms. The molecule has 0 bridgehead atoms. The molecule has 1 amide bonds. The largest absolute Gasteiger partial charge is 0.465 e. The molecule has 1 rings (SSSR count). The van der Waals surface area contributed by atoms with E-state index >= 15 is 0 Å². The summed E-state index contributed by atoms with van der Waals surface area (Å²) in [5.74, 6) is 0.107. The molecule has 0 heterocycles.